The van der Waals surface area contributed by atoms with Crippen molar-refractivity contribution in [2.75, 3.05) is 14.1 Å². The summed E-state index contributed by atoms with van der Waals surface area (Å²) in [4.78, 5) is 5.15. The van der Waals surface area contributed by atoms with Gasteiger partial charge in [0.25, 0.3) is 0 Å². The third-order valence-corrected chi connectivity index (χ3v) is 8.28. The maximum absolute atomic E-state index is 6.44. The van der Waals surface area contributed by atoms with Crippen LogP contribution >= 0.6 is 0 Å². The van der Waals surface area contributed by atoms with Crippen LogP contribution in [0.3, 0.4) is 0 Å². The molecule has 1 heterocycles. The molecule has 0 saturated heterocycles. The molecule has 1 aromatic carbocycles. The summed E-state index contributed by atoms with van der Waals surface area (Å²) < 4.78 is 6.44. The summed E-state index contributed by atoms with van der Waals surface area (Å²) in [5, 5.41) is 6.72. The van der Waals surface area contributed by atoms with Crippen LogP contribution in [-0.4, -0.2) is 26.4 Å². The van der Waals surface area contributed by atoms with Gasteiger partial charge < -0.3 is 4.74 Å². The molecule has 0 amide bonds. The highest BCUT2D eigenvalue weighted by molar-refractivity contribution is 6.12. The number of nitrogens with one attached hydrogen (secondary N) is 1. The highest BCUT2D eigenvalue weighted by Crippen LogP contribution is 2.43. The summed E-state index contributed by atoms with van der Waals surface area (Å²) in [7, 11) is 3.31. The molecule has 5 nitrogen and oxygen atoms in total. The molecule has 5 rings (SSSR count). The maximum Gasteiger partial charge on any atom is 0.120 e. The molecule has 2 saturated carbocycles. The van der Waals surface area contributed by atoms with Crippen LogP contribution in [0.4, 0.5) is 0 Å². The van der Waals surface area contributed by atoms with Crippen molar-refractivity contribution in [3.05, 3.63) is 58.8 Å². The smallest absolute Gasteiger partial charge is 0.120 e. The highest BCUT2D eigenvalue weighted by Gasteiger charge is 2.29. The maximum atomic E-state index is 6.44. The summed E-state index contributed by atoms with van der Waals surface area (Å²) in [5.74, 6) is 2.29. The van der Waals surface area contributed by atoms with E-state index in [4.69, 9.17) is 9.73 Å². The fourth-order valence-electron chi connectivity index (χ4n) is 6.40. The van der Waals surface area contributed by atoms with Crippen molar-refractivity contribution < 1.29 is 4.74 Å². The van der Waals surface area contributed by atoms with Gasteiger partial charge in [0.15, 0.2) is 0 Å². The van der Waals surface area contributed by atoms with E-state index < -0.39 is 0 Å². The molecule has 37 heavy (non-hydrogen) atoms. The molecule has 1 aliphatic heterocycles. The van der Waals surface area contributed by atoms with Gasteiger partial charge in [-0.2, -0.15) is 5.11 Å². The Bertz CT molecular complexity index is 1020. The second-order valence-electron chi connectivity index (χ2n) is 10.8. The van der Waals surface area contributed by atoms with Gasteiger partial charge in [-0.1, -0.05) is 67.7 Å². The number of nitrogens with zero attached hydrogens (tertiary/aromatic N) is 3. The molecule has 3 aliphatic carbocycles. The Morgan fingerprint density at radius 1 is 1.00 bits per heavy atom. The molecule has 0 aromatic heterocycles. The fraction of sp³-hybridized carbons (Fsp3) is 0.594. The second kappa shape index (κ2) is 14.3. The third-order valence-electron chi connectivity index (χ3n) is 8.28. The summed E-state index contributed by atoms with van der Waals surface area (Å²) in [6, 6.07) is 8.90. The van der Waals surface area contributed by atoms with E-state index in [9.17, 15) is 0 Å². The van der Waals surface area contributed by atoms with Crippen LogP contribution in [0.2, 0.25) is 0 Å². The molecule has 1 atom stereocenters. The number of aliphatic imine (C=N–C) groups is 1. The first-order chi connectivity index (χ1) is 18.2. The van der Waals surface area contributed by atoms with Crippen molar-refractivity contribution in [3.63, 3.8) is 0 Å². The zero-order valence-corrected chi connectivity index (χ0v) is 23.2. The van der Waals surface area contributed by atoms with Crippen LogP contribution in [0.15, 0.2) is 68.6 Å². The van der Waals surface area contributed by atoms with Gasteiger partial charge in [0, 0.05) is 24.9 Å². The van der Waals surface area contributed by atoms with Crippen molar-refractivity contribution in [2.45, 2.75) is 96.5 Å². The number of hydrogen-bond acceptors (Lipinski definition) is 4. The highest BCUT2D eigenvalue weighted by atomic mass is 16.5. The van der Waals surface area contributed by atoms with E-state index in [0.717, 1.165) is 25.0 Å². The van der Waals surface area contributed by atoms with Crippen molar-refractivity contribution >= 4 is 11.8 Å². The van der Waals surface area contributed by atoms with Gasteiger partial charge >= 0.3 is 0 Å². The molecule has 0 radical (unpaired) electrons. The Hall–Kier alpha value is -2.69. The van der Waals surface area contributed by atoms with Gasteiger partial charge in [0.2, 0.25) is 0 Å². The monoisotopic (exact) mass is 502 g/mol. The Labute approximate surface area is 224 Å². The lowest BCUT2D eigenvalue weighted by atomic mass is 9.76. The van der Waals surface area contributed by atoms with E-state index >= 15 is 0 Å². The molecule has 0 bridgehead atoms. The average Bonchev–Trinajstić information content (AvgIpc) is 3.15. The zero-order valence-electron chi connectivity index (χ0n) is 23.2. The second-order valence-corrected chi connectivity index (χ2v) is 10.8. The summed E-state index contributed by atoms with van der Waals surface area (Å²) in [6.07, 6.45) is 23.8. The van der Waals surface area contributed by atoms with Gasteiger partial charge in [0.05, 0.1) is 13.2 Å². The minimum absolute atomic E-state index is 0.389. The average molecular weight is 503 g/mol. The Morgan fingerprint density at radius 2 is 1.76 bits per heavy atom. The fourth-order valence-corrected chi connectivity index (χ4v) is 6.40. The summed E-state index contributed by atoms with van der Waals surface area (Å²) in [6.45, 7) is 2.26. The zero-order chi connectivity index (χ0) is 25.9. The van der Waals surface area contributed by atoms with Crippen LogP contribution in [0, 0.1) is 11.8 Å². The molecule has 0 spiro atoms. The van der Waals surface area contributed by atoms with Gasteiger partial charge in [-0.25, -0.2) is 0 Å². The first-order valence-electron chi connectivity index (χ1n) is 14.6. The largest absolute Gasteiger partial charge is 0.490 e. The minimum Gasteiger partial charge on any atom is -0.490 e. The Morgan fingerprint density at radius 3 is 2.43 bits per heavy atom. The predicted octanol–water partition coefficient (Wildman–Crippen LogP) is 8.65. The number of benzene rings is 1. The molecular weight excluding hydrogens is 456 g/mol. The molecule has 1 N–H and O–H groups in total. The molecule has 5 heteroatoms. The molecule has 200 valence electrons. The Balaban J connectivity index is 0.000000586. The number of allylic oxidation sites excluding steroid dienone is 6. The van der Waals surface area contributed by atoms with Gasteiger partial charge in [-0.3, -0.25) is 10.4 Å². The molecule has 1 aromatic rings. The van der Waals surface area contributed by atoms with Crippen molar-refractivity contribution in [3.8, 4) is 5.75 Å². The number of rotatable bonds is 6. The number of fused-ring (bicyclic) bond motifs is 1. The topological polar surface area (TPSA) is 58.3 Å². The van der Waals surface area contributed by atoms with E-state index in [1.807, 2.05) is 0 Å². The lowest BCUT2D eigenvalue weighted by Crippen LogP contribution is -2.19. The van der Waals surface area contributed by atoms with Crippen LogP contribution in [0.1, 0.15) is 96.0 Å². The standard InChI is InChI=1S/C30H39NO.C2H7N3/c1-2-22-13-9-15-25-20-28(23-11-5-3-6-12-23)29(21-31-30(22)25)24-14-10-18-27(19-24)32-26-16-7-4-8-17-26;1-3-5-4-2/h9-10,13-14,18-19,21,23,25-26H,2-8,11-12,15-17,20H2,1H3;1-2H3,(H,3,4). The summed E-state index contributed by atoms with van der Waals surface area (Å²) in [5.41, 5.74) is 9.58. The van der Waals surface area contributed by atoms with Gasteiger partial charge in [0.1, 0.15) is 5.75 Å². The van der Waals surface area contributed by atoms with Crippen LogP contribution in [0.5, 0.6) is 5.75 Å². The molecular formula is C32H46N4O. The Kier molecular flexibility index (Phi) is 10.6. The van der Waals surface area contributed by atoms with E-state index in [0.29, 0.717) is 17.9 Å². The van der Waals surface area contributed by atoms with E-state index in [-0.39, 0.29) is 0 Å². The molecule has 4 aliphatic rings. The first-order valence-corrected chi connectivity index (χ1v) is 14.6. The summed E-state index contributed by atoms with van der Waals surface area (Å²) >= 11 is 0. The van der Waals surface area contributed by atoms with E-state index in [1.54, 1.807) is 19.7 Å². The molecule has 1 unspecified atom stereocenters. The third kappa shape index (κ3) is 7.43. The number of hydrogen-bond donors (Lipinski definition) is 1. The van der Waals surface area contributed by atoms with Crippen molar-refractivity contribution in [1.29, 1.82) is 0 Å². The van der Waals surface area contributed by atoms with Gasteiger partial charge in [-0.15, -0.1) is 0 Å². The quantitative estimate of drug-likeness (QED) is 0.312. The van der Waals surface area contributed by atoms with Crippen LogP contribution in [0.25, 0.3) is 5.57 Å². The number of ether oxygens (including phenoxy) is 1. The molecule has 2 fully saturated rings. The van der Waals surface area contributed by atoms with Crippen LogP contribution in [-0.2, 0) is 0 Å². The lowest BCUT2D eigenvalue weighted by Gasteiger charge is -2.29. The van der Waals surface area contributed by atoms with Crippen LogP contribution < -0.4 is 10.2 Å². The lowest BCUT2D eigenvalue weighted by molar-refractivity contribution is 0.155. The first kappa shape index (κ1) is 27.3. The predicted molar refractivity (Wildman–Crippen MR) is 155 cm³/mol. The van der Waals surface area contributed by atoms with Crippen molar-refractivity contribution in [1.82, 2.24) is 5.43 Å². The minimum atomic E-state index is 0.389. The van der Waals surface area contributed by atoms with Crippen molar-refractivity contribution in [2.24, 2.45) is 27.2 Å². The SMILES string of the molecule is CCC1=C2N=CC(c3cccc(OC4CCCCC4)c3)=C(C3CCCCC3)CC2CC=C1.CN=NNC. The van der Waals surface area contributed by atoms with E-state index in [2.05, 4.69) is 65.3 Å². The van der Waals surface area contributed by atoms with Gasteiger partial charge in [-0.05, 0) is 92.5 Å². The van der Waals surface area contributed by atoms with E-state index in [1.165, 1.54) is 86.6 Å². The normalized spacial score (nSPS) is 22.9.